The lowest BCUT2D eigenvalue weighted by Crippen LogP contribution is -2.46. The van der Waals surface area contributed by atoms with Crippen LogP contribution in [0.15, 0.2) is 18.2 Å². The second kappa shape index (κ2) is 5.56. The third-order valence-corrected chi connectivity index (χ3v) is 2.99. The minimum Gasteiger partial charge on any atom is -0.394 e. The predicted octanol–water partition coefficient (Wildman–Crippen LogP) is 2.56. The molecule has 0 radical (unpaired) electrons. The molecule has 1 N–H and O–H groups in total. The molecular weight excluding hydrogens is 224 g/mol. The van der Waals surface area contributed by atoms with E-state index in [0.717, 1.165) is 12.1 Å². The fourth-order valence-corrected chi connectivity index (χ4v) is 1.72. The SMILES string of the molecule is CCN(Cc1cc(F)ccc1F)C(C)(C)CO. The molecule has 0 amide bonds. The fraction of sp³-hybridized carbons (Fsp3) is 0.538. The monoisotopic (exact) mass is 243 g/mol. The van der Waals surface area contributed by atoms with Crippen molar-refractivity contribution in [2.75, 3.05) is 13.2 Å². The largest absolute Gasteiger partial charge is 0.394 e. The second-order valence-electron chi connectivity index (χ2n) is 4.72. The number of hydrogen-bond donors (Lipinski definition) is 1. The van der Waals surface area contributed by atoms with Gasteiger partial charge in [0.15, 0.2) is 0 Å². The lowest BCUT2D eigenvalue weighted by Gasteiger charge is -2.36. The Morgan fingerprint density at radius 3 is 2.47 bits per heavy atom. The summed E-state index contributed by atoms with van der Waals surface area (Å²) in [5.41, 5.74) is -0.138. The standard InChI is InChI=1S/C13H19F2NO/c1-4-16(13(2,3)9-17)8-10-7-11(14)5-6-12(10)15/h5-7,17H,4,8-9H2,1-3H3. The molecule has 2 nitrogen and oxygen atoms in total. The summed E-state index contributed by atoms with van der Waals surface area (Å²) in [4.78, 5) is 1.91. The van der Waals surface area contributed by atoms with Gasteiger partial charge in [0.1, 0.15) is 11.6 Å². The van der Waals surface area contributed by atoms with E-state index in [1.165, 1.54) is 6.07 Å². The summed E-state index contributed by atoms with van der Waals surface area (Å²) < 4.78 is 26.5. The molecular formula is C13H19F2NO. The van der Waals surface area contributed by atoms with Gasteiger partial charge in [-0.15, -0.1) is 0 Å². The van der Waals surface area contributed by atoms with Crippen LogP contribution in [-0.2, 0) is 6.54 Å². The van der Waals surface area contributed by atoms with Crippen molar-refractivity contribution in [2.24, 2.45) is 0 Å². The molecule has 0 saturated carbocycles. The van der Waals surface area contributed by atoms with Gasteiger partial charge in [0.05, 0.1) is 6.61 Å². The number of halogens is 2. The Hall–Kier alpha value is -1.00. The van der Waals surface area contributed by atoms with Gasteiger partial charge >= 0.3 is 0 Å². The molecule has 0 aliphatic heterocycles. The topological polar surface area (TPSA) is 23.5 Å². The van der Waals surface area contributed by atoms with Crippen molar-refractivity contribution < 1.29 is 13.9 Å². The van der Waals surface area contributed by atoms with Crippen LogP contribution in [0.5, 0.6) is 0 Å². The normalized spacial score (nSPS) is 12.2. The summed E-state index contributed by atoms with van der Waals surface area (Å²) in [5, 5.41) is 9.29. The number of aliphatic hydroxyl groups is 1. The van der Waals surface area contributed by atoms with Crippen molar-refractivity contribution in [3.05, 3.63) is 35.4 Å². The van der Waals surface area contributed by atoms with Crippen molar-refractivity contribution in [2.45, 2.75) is 32.9 Å². The van der Waals surface area contributed by atoms with Crippen LogP contribution < -0.4 is 0 Å². The first-order valence-electron chi connectivity index (χ1n) is 5.70. The Kier molecular flexibility index (Phi) is 4.60. The van der Waals surface area contributed by atoms with E-state index in [0.29, 0.717) is 12.1 Å². The number of aliphatic hydroxyl groups excluding tert-OH is 1. The molecule has 1 aromatic carbocycles. The Bertz CT molecular complexity index is 380. The molecule has 4 heteroatoms. The molecule has 1 rings (SSSR count). The minimum absolute atomic E-state index is 0.0300. The van der Waals surface area contributed by atoms with Crippen LogP contribution in [-0.4, -0.2) is 28.7 Å². The minimum atomic E-state index is -0.451. The van der Waals surface area contributed by atoms with Gasteiger partial charge < -0.3 is 5.11 Å². The summed E-state index contributed by atoms with van der Waals surface area (Å²) >= 11 is 0. The van der Waals surface area contributed by atoms with Gasteiger partial charge in [0.25, 0.3) is 0 Å². The first kappa shape index (κ1) is 14.1. The highest BCUT2D eigenvalue weighted by Gasteiger charge is 2.25. The quantitative estimate of drug-likeness (QED) is 0.859. The highest BCUT2D eigenvalue weighted by atomic mass is 19.1. The van der Waals surface area contributed by atoms with Crippen LogP contribution in [0.25, 0.3) is 0 Å². The maximum Gasteiger partial charge on any atom is 0.127 e. The van der Waals surface area contributed by atoms with Crippen LogP contribution in [0.2, 0.25) is 0 Å². The van der Waals surface area contributed by atoms with Crippen molar-refractivity contribution in [3.8, 4) is 0 Å². The van der Waals surface area contributed by atoms with Gasteiger partial charge in [0, 0.05) is 17.6 Å². The molecule has 0 atom stereocenters. The molecule has 96 valence electrons. The predicted molar refractivity (Wildman–Crippen MR) is 63.6 cm³/mol. The van der Waals surface area contributed by atoms with E-state index in [-0.39, 0.29) is 13.2 Å². The van der Waals surface area contributed by atoms with E-state index in [4.69, 9.17) is 0 Å². The van der Waals surface area contributed by atoms with E-state index in [1.54, 1.807) is 0 Å². The Morgan fingerprint density at radius 1 is 1.29 bits per heavy atom. The summed E-state index contributed by atoms with van der Waals surface area (Å²) in [6, 6.07) is 3.43. The van der Waals surface area contributed by atoms with E-state index in [9.17, 15) is 13.9 Å². The van der Waals surface area contributed by atoms with E-state index in [2.05, 4.69) is 0 Å². The molecule has 17 heavy (non-hydrogen) atoms. The highest BCUT2D eigenvalue weighted by molar-refractivity contribution is 5.19. The van der Waals surface area contributed by atoms with Crippen molar-refractivity contribution in [1.82, 2.24) is 4.90 Å². The smallest absolute Gasteiger partial charge is 0.127 e. The zero-order valence-electron chi connectivity index (χ0n) is 10.5. The van der Waals surface area contributed by atoms with E-state index in [1.807, 2.05) is 25.7 Å². The van der Waals surface area contributed by atoms with E-state index < -0.39 is 17.2 Å². The molecule has 0 heterocycles. The Labute approximate surface area is 101 Å². The number of rotatable bonds is 5. The summed E-state index contributed by atoms with van der Waals surface area (Å²) in [5.74, 6) is -0.863. The third-order valence-electron chi connectivity index (χ3n) is 2.99. The number of benzene rings is 1. The first-order chi connectivity index (χ1) is 7.90. The van der Waals surface area contributed by atoms with Crippen LogP contribution in [0.4, 0.5) is 8.78 Å². The van der Waals surface area contributed by atoms with Crippen molar-refractivity contribution in [1.29, 1.82) is 0 Å². The van der Waals surface area contributed by atoms with Gasteiger partial charge in [-0.1, -0.05) is 6.92 Å². The maximum atomic E-state index is 13.5. The van der Waals surface area contributed by atoms with Crippen LogP contribution in [0, 0.1) is 11.6 Å². The molecule has 0 aliphatic rings. The van der Waals surface area contributed by atoms with Gasteiger partial charge in [-0.05, 0) is 38.6 Å². The molecule has 0 aliphatic carbocycles. The second-order valence-corrected chi connectivity index (χ2v) is 4.72. The zero-order valence-corrected chi connectivity index (χ0v) is 10.5. The van der Waals surface area contributed by atoms with Crippen LogP contribution in [0.1, 0.15) is 26.3 Å². The zero-order chi connectivity index (χ0) is 13.1. The average molecular weight is 243 g/mol. The van der Waals surface area contributed by atoms with Gasteiger partial charge in [-0.2, -0.15) is 0 Å². The van der Waals surface area contributed by atoms with Crippen LogP contribution in [0.3, 0.4) is 0 Å². The lowest BCUT2D eigenvalue weighted by atomic mass is 10.0. The molecule has 0 spiro atoms. The first-order valence-corrected chi connectivity index (χ1v) is 5.70. The number of hydrogen-bond acceptors (Lipinski definition) is 2. The van der Waals surface area contributed by atoms with Gasteiger partial charge in [0.2, 0.25) is 0 Å². The number of likely N-dealkylation sites (N-methyl/N-ethyl adjacent to an activating group) is 1. The van der Waals surface area contributed by atoms with Crippen molar-refractivity contribution in [3.63, 3.8) is 0 Å². The van der Waals surface area contributed by atoms with Gasteiger partial charge in [-0.3, -0.25) is 4.90 Å². The molecule has 0 bridgehead atoms. The highest BCUT2D eigenvalue weighted by Crippen LogP contribution is 2.19. The van der Waals surface area contributed by atoms with Gasteiger partial charge in [-0.25, -0.2) is 8.78 Å². The third kappa shape index (κ3) is 3.48. The molecule has 1 aromatic rings. The molecule has 0 fully saturated rings. The summed E-state index contributed by atoms with van der Waals surface area (Å²) in [6.07, 6.45) is 0. The molecule has 0 aromatic heterocycles. The van der Waals surface area contributed by atoms with Crippen LogP contribution >= 0.6 is 0 Å². The molecule has 0 saturated heterocycles. The summed E-state index contributed by atoms with van der Waals surface area (Å²) in [6.45, 7) is 6.57. The van der Waals surface area contributed by atoms with E-state index >= 15 is 0 Å². The number of nitrogens with zero attached hydrogens (tertiary/aromatic N) is 1. The average Bonchev–Trinajstić information content (AvgIpc) is 2.30. The van der Waals surface area contributed by atoms with Crippen molar-refractivity contribution >= 4 is 0 Å². The molecule has 0 unspecified atom stereocenters. The lowest BCUT2D eigenvalue weighted by molar-refractivity contribution is 0.0543. The maximum absolute atomic E-state index is 13.5. The Morgan fingerprint density at radius 2 is 1.94 bits per heavy atom. The Balaban J connectivity index is 2.91. The summed E-state index contributed by atoms with van der Waals surface area (Å²) in [7, 11) is 0. The fourth-order valence-electron chi connectivity index (χ4n) is 1.72.